The number of hydrogen-bond donors (Lipinski definition) is 0. The van der Waals surface area contributed by atoms with Crippen LogP contribution in [-0.4, -0.2) is 5.78 Å². The standard InChI is InChI=1S/C12H16O/c1-9-4-3-5-10-8-11(13)6-7-12(9,10)2/h3,5,8-9H,4,6-7H2,1-2H3/t9-,12+/m1/s1. The molecule has 0 aromatic heterocycles. The number of hydrogen-bond acceptors (Lipinski definition) is 1. The lowest BCUT2D eigenvalue weighted by molar-refractivity contribution is -0.115. The van der Waals surface area contributed by atoms with Crippen LogP contribution in [0.1, 0.15) is 33.1 Å². The molecule has 2 rings (SSSR count). The zero-order valence-corrected chi connectivity index (χ0v) is 8.34. The summed E-state index contributed by atoms with van der Waals surface area (Å²) in [5.74, 6) is 0.975. The smallest absolute Gasteiger partial charge is 0.156 e. The van der Waals surface area contributed by atoms with Crippen molar-refractivity contribution < 1.29 is 4.79 Å². The molecule has 2 aliphatic rings. The molecule has 0 fully saturated rings. The van der Waals surface area contributed by atoms with E-state index in [1.807, 2.05) is 6.08 Å². The fourth-order valence-corrected chi connectivity index (χ4v) is 2.37. The summed E-state index contributed by atoms with van der Waals surface area (Å²) < 4.78 is 0. The highest BCUT2D eigenvalue weighted by molar-refractivity contribution is 5.92. The van der Waals surface area contributed by atoms with Crippen LogP contribution >= 0.6 is 0 Å². The molecular weight excluding hydrogens is 160 g/mol. The zero-order valence-electron chi connectivity index (χ0n) is 8.34. The van der Waals surface area contributed by atoms with Crippen LogP contribution in [0.2, 0.25) is 0 Å². The van der Waals surface area contributed by atoms with Gasteiger partial charge in [-0.1, -0.05) is 26.0 Å². The van der Waals surface area contributed by atoms with Gasteiger partial charge in [-0.15, -0.1) is 0 Å². The second kappa shape index (κ2) is 2.83. The highest BCUT2D eigenvalue weighted by Crippen LogP contribution is 2.47. The first-order valence-corrected chi connectivity index (χ1v) is 5.04. The van der Waals surface area contributed by atoms with Crippen LogP contribution in [0.15, 0.2) is 23.8 Å². The lowest BCUT2D eigenvalue weighted by atomic mass is 9.63. The fraction of sp³-hybridized carbons (Fsp3) is 0.583. The van der Waals surface area contributed by atoms with Crippen molar-refractivity contribution in [2.45, 2.75) is 33.1 Å². The Bertz CT molecular complexity index is 298. The van der Waals surface area contributed by atoms with E-state index in [2.05, 4.69) is 26.0 Å². The van der Waals surface area contributed by atoms with Gasteiger partial charge < -0.3 is 0 Å². The van der Waals surface area contributed by atoms with Gasteiger partial charge in [0.2, 0.25) is 0 Å². The molecule has 1 heteroatoms. The van der Waals surface area contributed by atoms with E-state index in [1.165, 1.54) is 5.57 Å². The van der Waals surface area contributed by atoms with Gasteiger partial charge in [0.1, 0.15) is 0 Å². The second-order valence-electron chi connectivity index (χ2n) is 4.52. The predicted octanol–water partition coefficient (Wildman–Crippen LogP) is 2.88. The highest BCUT2D eigenvalue weighted by atomic mass is 16.1. The largest absolute Gasteiger partial charge is 0.295 e. The van der Waals surface area contributed by atoms with Crippen molar-refractivity contribution in [3.05, 3.63) is 23.8 Å². The van der Waals surface area contributed by atoms with Crippen molar-refractivity contribution in [3.8, 4) is 0 Å². The minimum absolute atomic E-state index is 0.267. The van der Waals surface area contributed by atoms with Crippen LogP contribution in [0.5, 0.6) is 0 Å². The van der Waals surface area contributed by atoms with Crippen LogP contribution in [0.25, 0.3) is 0 Å². The van der Waals surface area contributed by atoms with Gasteiger partial charge in [-0.05, 0) is 35.8 Å². The summed E-state index contributed by atoms with van der Waals surface area (Å²) in [4.78, 5) is 11.3. The number of allylic oxidation sites excluding steroid dienone is 4. The maximum absolute atomic E-state index is 11.3. The van der Waals surface area contributed by atoms with Crippen molar-refractivity contribution in [2.24, 2.45) is 11.3 Å². The van der Waals surface area contributed by atoms with E-state index in [0.29, 0.717) is 11.7 Å². The van der Waals surface area contributed by atoms with Gasteiger partial charge in [0.15, 0.2) is 5.78 Å². The molecule has 0 saturated heterocycles. The number of fused-ring (bicyclic) bond motifs is 1. The summed E-state index contributed by atoms with van der Waals surface area (Å²) in [6.07, 6.45) is 9.09. The molecule has 0 radical (unpaired) electrons. The summed E-state index contributed by atoms with van der Waals surface area (Å²) in [6, 6.07) is 0. The Balaban J connectivity index is 2.43. The van der Waals surface area contributed by atoms with Crippen molar-refractivity contribution in [3.63, 3.8) is 0 Å². The lowest BCUT2D eigenvalue weighted by Gasteiger charge is -2.41. The molecule has 13 heavy (non-hydrogen) atoms. The Morgan fingerprint density at radius 2 is 2.31 bits per heavy atom. The van der Waals surface area contributed by atoms with Crippen LogP contribution in [-0.2, 0) is 4.79 Å². The average molecular weight is 176 g/mol. The Morgan fingerprint density at radius 3 is 3.08 bits per heavy atom. The third kappa shape index (κ3) is 1.27. The summed E-state index contributed by atoms with van der Waals surface area (Å²) in [5, 5.41) is 0. The van der Waals surface area contributed by atoms with Gasteiger partial charge in [0.25, 0.3) is 0 Å². The quantitative estimate of drug-likeness (QED) is 0.554. The Kier molecular flexibility index (Phi) is 1.90. The van der Waals surface area contributed by atoms with E-state index in [-0.39, 0.29) is 5.41 Å². The van der Waals surface area contributed by atoms with Crippen molar-refractivity contribution >= 4 is 5.78 Å². The first-order valence-electron chi connectivity index (χ1n) is 5.04. The first-order chi connectivity index (χ1) is 6.13. The zero-order chi connectivity index (χ0) is 9.47. The van der Waals surface area contributed by atoms with Crippen molar-refractivity contribution in [1.29, 1.82) is 0 Å². The maximum atomic E-state index is 11.3. The van der Waals surface area contributed by atoms with E-state index >= 15 is 0 Å². The molecule has 0 unspecified atom stereocenters. The number of carbonyl (C=O) groups excluding carboxylic acids is 1. The monoisotopic (exact) mass is 176 g/mol. The minimum Gasteiger partial charge on any atom is -0.295 e. The van der Waals surface area contributed by atoms with Crippen LogP contribution in [0, 0.1) is 11.3 Å². The molecule has 0 N–H and O–H groups in total. The summed E-state index contributed by atoms with van der Waals surface area (Å²) in [7, 11) is 0. The normalized spacial score (nSPS) is 38.5. The van der Waals surface area contributed by atoms with Gasteiger partial charge in [-0.3, -0.25) is 4.79 Å². The molecule has 0 aromatic rings. The van der Waals surface area contributed by atoms with E-state index in [4.69, 9.17) is 0 Å². The summed E-state index contributed by atoms with van der Waals surface area (Å²) >= 11 is 0. The van der Waals surface area contributed by atoms with Crippen molar-refractivity contribution in [1.82, 2.24) is 0 Å². The Morgan fingerprint density at radius 1 is 1.54 bits per heavy atom. The molecule has 0 amide bonds. The maximum Gasteiger partial charge on any atom is 0.156 e. The van der Waals surface area contributed by atoms with E-state index in [1.54, 1.807) is 0 Å². The van der Waals surface area contributed by atoms with Crippen LogP contribution < -0.4 is 0 Å². The third-order valence-corrected chi connectivity index (χ3v) is 3.74. The number of carbonyl (C=O) groups is 1. The minimum atomic E-state index is 0.267. The highest BCUT2D eigenvalue weighted by Gasteiger charge is 2.38. The van der Waals surface area contributed by atoms with E-state index in [9.17, 15) is 4.79 Å². The molecule has 0 aromatic carbocycles. The Labute approximate surface area is 79.5 Å². The number of ketones is 1. The molecule has 0 aliphatic heterocycles. The second-order valence-corrected chi connectivity index (χ2v) is 4.52. The van der Waals surface area contributed by atoms with E-state index in [0.717, 1.165) is 19.3 Å². The summed E-state index contributed by atoms with van der Waals surface area (Å²) in [5.41, 5.74) is 1.52. The summed E-state index contributed by atoms with van der Waals surface area (Å²) in [6.45, 7) is 4.58. The van der Waals surface area contributed by atoms with Gasteiger partial charge in [-0.25, -0.2) is 0 Å². The third-order valence-electron chi connectivity index (χ3n) is 3.74. The first kappa shape index (κ1) is 8.74. The van der Waals surface area contributed by atoms with Gasteiger partial charge >= 0.3 is 0 Å². The topological polar surface area (TPSA) is 17.1 Å². The molecular formula is C12H16O. The molecule has 1 nitrogen and oxygen atoms in total. The molecule has 2 aliphatic carbocycles. The SMILES string of the molecule is C[C@@H]1CC=CC2=CC(=O)CC[C@]21C. The fourth-order valence-electron chi connectivity index (χ4n) is 2.37. The molecule has 0 saturated carbocycles. The molecule has 2 atom stereocenters. The molecule has 0 bridgehead atoms. The average Bonchev–Trinajstić information content (AvgIpc) is 2.09. The lowest BCUT2D eigenvalue weighted by Crippen LogP contribution is -2.33. The van der Waals surface area contributed by atoms with Gasteiger partial charge in [0, 0.05) is 6.42 Å². The van der Waals surface area contributed by atoms with Crippen molar-refractivity contribution in [2.75, 3.05) is 0 Å². The molecule has 0 spiro atoms. The van der Waals surface area contributed by atoms with Gasteiger partial charge in [-0.2, -0.15) is 0 Å². The molecule has 70 valence electrons. The van der Waals surface area contributed by atoms with Crippen LogP contribution in [0.3, 0.4) is 0 Å². The number of rotatable bonds is 0. The van der Waals surface area contributed by atoms with Crippen LogP contribution in [0.4, 0.5) is 0 Å². The van der Waals surface area contributed by atoms with E-state index < -0.39 is 0 Å². The van der Waals surface area contributed by atoms with Gasteiger partial charge in [0.05, 0.1) is 0 Å². The molecule has 0 heterocycles. The Hall–Kier alpha value is -0.850. The predicted molar refractivity (Wildman–Crippen MR) is 53.4 cm³/mol.